The number of fused-ring (bicyclic) bond motifs is 1. The van der Waals surface area contributed by atoms with Crippen molar-refractivity contribution < 1.29 is 9.53 Å². The van der Waals surface area contributed by atoms with E-state index < -0.39 is 0 Å². The van der Waals surface area contributed by atoms with Crippen LogP contribution >= 0.6 is 0 Å². The minimum Gasteiger partial charge on any atom is -0.493 e. The number of benzene rings is 1. The number of hydrogen-bond donors (Lipinski definition) is 2. The predicted molar refractivity (Wildman–Crippen MR) is 61.3 cm³/mol. The Labute approximate surface area is 94.8 Å². The predicted octanol–water partition coefficient (Wildman–Crippen LogP) is 0.757. The van der Waals surface area contributed by atoms with Gasteiger partial charge in [0.25, 0.3) is 0 Å². The number of carbonyl (C=O) groups is 1. The summed E-state index contributed by atoms with van der Waals surface area (Å²) in [6, 6.07) is 5.65. The molecule has 4 heteroatoms. The summed E-state index contributed by atoms with van der Waals surface area (Å²) in [5.74, 6) is 0.903. The van der Waals surface area contributed by atoms with Gasteiger partial charge in [0.05, 0.1) is 6.61 Å². The zero-order valence-corrected chi connectivity index (χ0v) is 9.32. The van der Waals surface area contributed by atoms with Crippen molar-refractivity contribution in [2.45, 2.75) is 18.9 Å². The molecule has 0 aromatic heterocycles. The molecular weight excluding hydrogens is 204 g/mol. The summed E-state index contributed by atoms with van der Waals surface area (Å²) in [4.78, 5) is 11.2. The van der Waals surface area contributed by atoms with Crippen LogP contribution in [0.15, 0.2) is 18.2 Å². The Morgan fingerprint density at radius 3 is 3.19 bits per heavy atom. The van der Waals surface area contributed by atoms with Gasteiger partial charge in [0.2, 0.25) is 5.91 Å². The van der Waals surface area contributed by atoms with Gasteiger partial charge in [0.15, 0.2) is 0 Å². The standard InChI is InChI=1S/C12H16N2O2/c1-14-12(15)7-10(13)8-2-3-11-9(6-8)4-5-16-11/h2-3,6,10H,4-5,7,13H2,1H3,(H,14,15). The second-order valence-corrected chi connectivity index (χ2v) is 3.95. The largest absolute Gasteiger partial charge is 0.493 e. The molecule has 0 saturated carbocycles. The zero-order valence-electron chi connectivity index (χ0n) is 9.32. The van der Waals surface area contributed by atoms with E-state index in [9.17, 15) is 4.79 Å². The van der Waals surface area contributed by atoms with Gasteiger partial charge in [-0.15, -0.1) is 0 Å². The smallest absolute Gasteiger partial charge is 0.221 e. The Bertz CT molecular complexity index is 404. The van der Waals surface area contributed by atoms with Gasteiger partial charge in [0, 0.05) is 25.9 Å². The molecule has 1 aliphatic rings. The molecule has 0 fully saturated rings. The lowest BCUT2D eigenvalue weighted by atomic mass is 10.0. The molecule has 0 saturated heterocycles. The van der Waals surface area contributed by atoms with E-state index in [4.69, 9.17) is 10.5 Å². The molecule has 3 N–H and O–H groups in total. The molecule has 0 radical (unpaired) electrons. The van der Waals surface area contributed by atoms with Crippen molar-refractivity contribution in [1.82, 2.24) is 5.32 Å². The molecule has 1 heterocycles. The van der Waals surface area contributed by atoms with Gasteiger partial charge in [-0.2, -0.15) is 0 Å². The van der Waals surface area contributed by atoms with Crippen molar-refractivity contribution in [3.63, 3.8) is 0 Å². The third-order valence-corrected chi connectivity index (χ3v) is 2.83. The summed E-state index contributed by atoms with van der Waals surface area (Å²) in [5, 5.41) is 2.57. The molecule has 16 heavy (non-hydrogen) atoms. The van der Waals surface area contributed by atoms with Crippen LogP contribution in [0.1, 0.15) is 23.6 Å². The van der Waals surface area contributed by atoms with Crippen LogP contribution in [0, 0.1) is 0 Å². The number of amides is 1. The maximum atomic E-state index is 11.2. The van der Waals surface area contributed by atoms with Crippen molar-refractivity contribution in [3.05, 3.63) is 29.3 Å². The lowest BCUT2D eigenvalue weighted by Gasteiger charge is -2.12. The minimum absolute atomic E-state index is 0.0377. The number of hydrogen-bond acceptors (Lipinski definition) is 3. The van der Waals surface area contributed by atoms with Crippen LogP contribution in [0.3, 0.4) is 0 Å². The molecule has 1 unspecified atom stereocenters. The number of nitrogens with one attached hydrogen (secondary N) is 1. The molecule has 0 spiro atoms. The summed E-state index contributed by atoms with van der Waals surface area (Å²) in [6.45, 7) is 0.740. The fourth-order valence-electron chi connectivity index (χ4n) is 1.86. The second-order valence-electron chi connectivity index (χ2n) is 3.95. The maximum absolute atomic E-state index is 11.2. The van der Waals surface area contributed by atoms with Gasteiger partial charge in [-0.1, -0.05) is 12.1 Å². The molecule has 2 rings (SSSR count). The van der Waals surface area contributed by atoms with Crippen LogP contribution < -0.4 is 15.8 Å². The molecule has 0 bridgehead atoms. The van der Waals surface area contributed by atoms with Gasteiger partial charge in [0.1, 0.15) is 5.75 Å². The number of nitrogens with two attached hydrogens (primary N) is 1. The first-order valence-corrected chi connectivity index (χ1v) is 5.42. The molecule has 1 atom stereocenters. The van der Waals surface area contributed by atoms with Gasteiger partial charge < -0.3 is 15.8 Å². The molecule has 1 aliphatic heterocycles. The van der Waals surface area contributed by atoms with Gasteiger partial charge in [-0.3, -0.25) is 4.79 Å². The van der Waals surface area contributed by atoms with E-state index in [1.807, 2.05) is 18.2 Å². The van der Waals surface area contributed by atoms with Crippen molar-refractivity contribution in [1.29, 1.82) is 0 Å². The van der Waals surface area contributed by atoms with Crippen molar-refractivity contribution >= 4 is 5.91 Å². The summed E-state index contributed by atoms with van der Waals surface area (Å²) in [5.41, 5.74) is 8.14. The lowest BCUT2D eigenvalue weighted by Crippen LogP contribution is -2.24. The van der Waals surface area contributed by atoms with Crippen LogP contribution in [0.25, 0.3) is 0 Å². The lowest BCUT2D eigenvalue weighted by molar-refractivity contribution is -0.120. The summed E-state index contributed by atoms with van der Waals surface area (Å²) < 4.78 is 5.42. The monoisotopic (exact) mass is 220 g/mol. The van der Waals surface area contributed by atoms with Crippen LogP contribution in [-0.2, 0) is 11.2 Å². The van der Waals surface area contributed by atoms with Crippen molar-refractivity contribution in [2.24, 2.45) is 5.73 Å². The van der Waals surface area contributed by atoms with E-state index in [1.165, 1.54) is 5.56 Å². The average Bonchev–Trinajstić information content (AvgIpc) is 2.75. The number of rotatable bonds is 3. The Kier molecular flexibility index (Phi) is 3.10. The fraction of sp³-hybridized carbons (Fsp3) is 0.417. The third kappa shape index (κ3) is 2.17. The quantitative estimate of drug-likeness (QED) is 0.790. The van der Waals surface area contributed by atoms with Gasteiger partial charge >= 0.3 is 0 Å². The minimum atomic E-state index is -0.245. The van der Waals surface area contributed by atoms with E-state index in [-0.39, 0.29) is 11.9 Å². The highest BCUT2D eigenvalue weighted by molar-refractivity contribution is 5.76. The van der Waals surface area contributed by atoms with E-state index >= 15 is 0 Å². The summed E-state index contributed by atoms with van der Waals surface area (Å²) in [7, 11) is 1.62. The zero-order chi connectivity index (χ0) is 11.5. The fourth-order valence-corrected chi connectivity index (χ4v) is 1.86. The summed E-state index contributed by atoms with van der Waals surface area (Å²) >= 11 is 0. The first-order valence-electron chi connectivity index (χ1n) is 5.42. The Morgan fingerprint density at radius 1 is 1.62 bits per heavy atom. The van der Waals surface area contributed by atoms with E-state index in [0.29, 0.717) is 6.42 Å². The van der Waals surface area contributed by atoms with Crippen molar-refractivity contribution in [3.8, 4) is 5.75 Å². The molecule has 0 aliphatic carbocycles. The van der Waals surface area contributed by atoms with E-state index in [1.54, 1.807) is 7.05 Å². The van der Waals surface area contributed by atoms with Crippen LogP contribution in [0.2, 0.25) is 0 Å². The highest BCUT2D eigenvalue weighted by atomic mass is 16.5. The third-order valence-electron chi connectivity index (χ3n) is 2.83. The number of carbonyl (C=O) groups excluding carboxylic acids is 1. The molecule has 1 aromatic rings. The van der Waals surface area contributed by atoms with Gasteiger partial charge in [-0.05, 0) is 17.2 Å². The normalized spacial score (nSPS) is 15.1. The Balaban J connectivity index is 2.12. The first-order chi connectivity index (χ1) is 7.70. The molecule has 1 aromatic carbocycles. The first kappa shape index (κ1) is 11.0. The SMILES string of the molecule is CNC(=O)CC(N)c1ccc2c(c1)CCO2. The highest BCUT2D eigenvalue weighted by Gasteiger charge is 2.16. The maximum Gasteiger partial charge on any atom is 0.221 e. The van der Waals surface area contributed by atoms with Crippen LogP contribution in [-0.4, -0.2) is 19.6 Å². The molecule has 4 nitrogen and oxygen atoms in total. The molecule has 1 amide bonds. The van der Waals surface area contributed by atoms with Crippen molar-refractivity contribution in [2.75, 3.05) is 13.7 Å². The van der Waals surface area contributed by atoms with E-state index in [0.717, 1.165) is 24.3 Å². The van der Waals surface area contributed by atoms with Crippen LogP contribution in [0.5, 0.6) is 5.75 Å². The second kappa shape index (κ2) is 4.53. The Morgan fingerprint density at radius 2 is 2.44 bits per heavy atom. The molecular formula is C12H16N2O2. The average molecular weight is 220 g/mol. The Hall–Kier alpha value is -1.55. The van der Waals surface area contributed by atoms with E-state index in [2.05, 4.69) is 5.32 Å². The van der Waals surface area contributed by atoms with Gasteiger partial charge in [-0.25, -0.2) is 0 Å². The highest BCUT2D eigenvalue weighted by Crippen LogP contribution is 2.28. The molecule has 86 valence electrons. The van der Waals surface area contributed by atoms with Crippen LogP contribution in [0.4, 0.5) is 0 Å². The number of ether oxygens (including phenoxy) is 1. The summed E-state index contributed by atoms with van der Waals surface area (Å²) in [6.07, 6.45) is 1.24. The topological polar surface area (TPSA) is 64.4 Å².